The van der Waals surface area contributed by atoms with Crippen LogP contribution in [0.5, 0.6) is 5.75 Å². The van der Waals surface area contributed by atoms with E-state index < -0.39 is 0 Å². The van der Waals surface area contributed by atoms with Crippen LogP contribution in [0.2, 0.25) is 0 Å². The van der Waals surface area contributed by atoms with Gasteiger partial charge in [-0.2, -0.15) is 0 Å². The van der Waals surface area contributed by atoms with Crippen molar-refractivity contribution < 1.29 is 9.53 Å². The smallest absolute Gasteiger partial charge is 0.228 e. The molecule has 0 aromatic heterocycles. The summed E-state index contributed by atoms with van der Waals surface area (Å²) in [6.45, 7) is 0. The molecular formula is C15H18N2O2. The summed E-state index contributed by atoms with van der Waals surface area (Å²) in [7, 11) is 1.60. The van der Waals surface area contributed by atoms with Gasteiger partial charge in [-0.3, -0.25) is 4.79 Å². The quantitative estimate of drug-likeness (QED) is 0.646. The lowest BCUT2D eigenvalue weighted by atomic mass is 9.93. The van der Waals surface area contributed by atoms with Crippen molar-refractivity contribution in [2.24, 2.45) is 17.8 Å². The molecule has 2 aliphatic carbocycles. The van der Waals surface area contributed by atoms with E-state index in [1.54, 1.807) is 25.3 Å². The van der Waals surface area contributed by atoms with Gasteiger partial charge in [-0.05, 0) is 36.8 Å². The Balaban J connectivity index is 1.74. The van der Waals surface area contributed by atoms with Crippen LogP contribution in [0.3, 0.4) is 0 Å². The fourth-order valence-electron chi connectivity index (χ4n) is 3.08. The van der Waals surface area contributed by atoms with Gasteiger partial charge in [0.2, 0.25) is 5.91 Å². The Labute approximate surface area is 112 Å². The van der Waals surface area contributed by atoms with E-state index in [9.17, 15) is 4.79 Å². The monoisotopic (exact) mass is 258 g/mol. The number of hydrogen-bond acceptors (Lipinski definition) is 3. The van der Waals surface area contributed by atoms with Crippen LogP contribution < -0.4 is 15.8 Å². The minimum atomic E-state index is 0.0665. The van der Waals surface area contributed by atoms with Crippen molar-refractivity contribution in [2.75, 3.05) is 18.2 Å². The van der Waals surface area contributed by atoms with Crippen molar-refractivity contribution >= 4 is 17.3 Å². The van der Waals surface area contributed by atoms with Crippen molar-refractivity contribution in [1.82, 2.24) is 0 Å². The van der Waals surface area contributed by atoms with Gasteiger partial charge in [-0.25, -0.2) is 0 Å². The Bertz CT molecular complexity index is 539. The molecule has 0 saturated heterocycles. The van der Waals surface area contributed by atoms with Crippen molar-refractivity contribution in [1.29, 1.82) is 0 Å². The highest BCUT2D eigenvalue weighted by molar-refractivity contribution is 5.96. The van der Waals surface area contributed by atoms with E-state index >= 15 is 0 Å². The van der Waals surface area contributed by atoms with E-state index in [1.807, 2.05) is 0 Å². The molecule has 3 N–H and O–H groups in total. The molecule has 1 aromatic rings. The molecule has 100 valence electrons. The van der Waals surface area contributed by atoms with Gasteiger partial charge in [0, 0.05) is 12.0 Å². The summed E-state index contributed by atoms with van der Waals surface area (Å²) in [5, 5.41) is 2.93. The molecule has 3 rings (SSSR count). The molecule has 1 fully saturated rings. The van der Waals surface area contributed by atoms with Gasteiger partial charge in [-0.15, -0.1) is 0 Å². The van der Waals surface area contributed by atoms with Gasteiger partial charge >= 0.3 is 0 Å². The van der Waals surface area contributed by atoms with Crippen LogP contribution in [0.1, 0.15) is 12.8 Å². The van der Waals surface area contributed by atoms with Crippen LogP contribution in [-0.4, -0.2) is 13.0 Å². The SMILES string of the molecule is COc1ccc(N)c(NC(=O)C2CC3C=CC2C3)c1. The Morgan fingerprint density at radius 1 is 1.37 bits per heavy atom. The normalized spacial score (nSPS) is 27.5. The number of methoxy groups -OCH3 is 1. The van der Waals surface area contributed by atoms with E-state index in [4.69, 9.17) is 10.5 Å². The zero-order valence-corrected chi connectivity index (χ0v) is 10.9. The zero-order chi connectivity index (χ0) is 13.4. The van der Waals surface area contributed by atoms with Crippen molar-refractivity contribution in [3.8, 4) is 5.75 Å². The summed E-state index contributed by atoms with van der Waals surface area (Å²) in [6.07, 6.45) is 6.48. The number of nitrogens with one attached hydrogen (secondary N) is 1. The van der Waals surface area contributed by atoms with Gasteiger partial charge in [0.25, 0.3) is 0 Å². The van der Waals surface area contributed by atoms with Gasteiger partial charge in [0.05, 0.1) is 18.5 Å². The number of rotatable bonds is 3. The maximum absolute atomic E-state index is 12.3. The molecule has 19 heavy (non-hydrogen) atoms. The Hall–Kier alpha value is -1.97. The van der Waals surface area contributed by atoms with E-state index in [1.165, 1.54) is 0 Å². The minimum Gasteiger partial charge on any atom is -0.497 e. The third kappa shape index (κ3) is 2.18. The van der Waals surface area contributed by atoms with Crippen LogP contribution in [0.15, 0.2) is 30.4 Å². The molecule has 3 atom stereocenters. The topological polar surface area (TPSA) is 64.3 Å². The van der Waals surface area contributed by atoms with Crippen molar-refractivity contribution in [3.63, 3.8) is 0 Å². The summed E-state index contributed by atoms with van der Waals surface area (Å²) in [5.74, 6) is 1.83. The maximum atomic E-state index is 12.3. The second-order valence-corrected chi connectivity index (χ2v) is 5.33. The molecule has 2 aliphatic rings. The van der Waals surface area contributed by atoms with Gasteiger partial charge in [0.1, 0.15) is 5.75 Å². The molecule has 1 amide bonds. The number of carbonyl (C=O) groups is 1. The number of hydrogen-bond donors (Lipinski definition) is 2. The lowest BCUT2D eigenvalue weighted by Gasteiger charge is -2.18. The fourth-order valence-corrected chi connectivity index (χ4v) is 3.08. The highest BCUT2D eigenvalue weighted by atomic mass is 16.5. The number of amides is 1. The predicted octanol–water partition coefficient (Wildman–Crippen LogP) is 2.43. The minimum absolute atomic E-state index is 0.0665. The van der Waals surface area contributed by atoms with Crippen LogP contribution in [0.25, 0.3) is 0 Å². The first-order valence-corrected chi connectivity index (χ1v) is 6.60. The average molecular weight is 258 g/mol. The van der Waals surface area contributed by atoms with Crippen LogP contribution in [0.4, 0.5) is 11.4 Å². The van der Waals surface area contributed by atoms with Crippen LogP contribution >= 0.6 is 0 Å². The van der Waals surface area contributed by atoms with Crippen LogP contribution in [0, 0.1) is 17.8 Å². The first kappa shape index (κ1) is 12.1. The number of ether oxygens (including phenoxy) is 1. The molecular weight excluding hydrogens is 240 g/mol. The summed E-state index contributed by atoms with van der Waals surface area (Å²) in [5.41, 5.74) is 7.08. The largest absolute Gasteiger partial charge is 0.497 e. The summed E-state index contributed by atoms with van der Waals surface area (Å²) in [4.78, 5) is 12.3. The Kier molecular flexibility index (Phi) is 2.93. The van der Waals surface area contributed by atoms with Gasteiger partial charge in [0.15, 0.2) is 0 Å². The number of carbonyl (C=O) groups excluding carboxylic acids is 1. The average Bonchev–Trinajstić information content (AvgIpc) is 3.03. The number of anilines is 2. The molecule has 1 aromatic carbocycles. The Morgan fingerprint density at radius 2 is 2.21 bits per heavy atom. The van der Waals surface area contributed by atoms with Crippen molar-refractivity contribution in [3.05, 3.63) is 30.4 Å². The van der Waals surface area contributed by atoms with Gasteiger partial charge in [-0.1, -0.05) is 12.2 Å². The molecule has 0 heterocycles. The lowest BCUT2D eigenvalue weighted by molar-refractivity contribution is -0.120. The maximum Gasteiger partial charge on any atom is 0.228 e. The summed E-state index contributed by atoms with van der Waals surface area (Å²) >= 11 is 0. The second-order valence-electron chi connectivity index (χ2n) is 5.33. The molecule has 2 bridgehead atoms. The molecule has 3 unspecified atom stereocenters. The number of benzene rings is 1. The van der Waals surface area contributed by atoms with E-state index in [0.717, 1.165) is 12.8 Å². The Morgan fingerprint density at radius 3 is 2.84 bits per heavy atom. The van der Waals surface area contributed by atoms with E-state index in [0.29, 0.717) is 29.0 Å². The van der Waals surface area contributed by atoms with Crippen molar-refractivity contribution in [2.45, 2.75) is 12.8 Å². The lowest BCUT2D eigenvalue weighted by Crippen LogP contribution is -2.26. The molecule has 1 saturated carbocycles. The molecule has 0 radical (unpaired) electrons. The molecule has 0 spiro atoms. The number of fused-ring (bicyclic) bond motifs is 2. The highest BCUT2D eigenvalue weighted by Crippen LogP contribution is 2.44. The van der Waals surface area contributed by atoms with Gasteiger partial charge < -0.3 is 15.8 Å². The number of nitrogen functional groups attached to an aromatic ring is 1. The number of nitrogens with two attached hydrogens (primary N) is 1. The van der Waals surface area contributed by atoms with Crippen LogP contribution in [-0.2, 0) is 4.79 Å². The third-order valence-corrected chi connectivity index (χ3v) is 4.13. The predicted molar refractivity (Wildman–Crippen MR) is 74.9 cm³/mol. The highest BCUT2D eigenvalue weighted by Gasteiger charge is 2.39. The number of allylic oxidation sites excluding steroid dienone is 2. The second kappa shape index (κ2) is 4.61. The molecule has 0 aliphatic heterocycles. The molecule has 4 nitrogen and oxygen atoms in total. The van der Waals surface area contributed by atoms with E-state index in [2.05, 4.69) is 17.5 Å². The summed E-state index contributed by atoms with van der Waals surface area (Å²) in [6, 6.07) is 5.29. The van der Waals surface area contributed by atoms with E-state index in [-0.39, 0.29) is 11.8 Å². The standard InChI is InChI=1S/C15H18N2O2/c1-19-11-4-5-13(16)14(8-11)17-15(18)12-7-9-2-3-10(12)6-9/h2-5,8-10,12H,6-7,16H2,1H3,(H,17,18). The fraction of sp³-hybridized carbons (Fsp3) is 0.400. The zero-order valence-electron chi connectivity index (χ0n) is 10.9. The first-order chi connectivity index (χ1) is 9.17. The molecule has 4 heteroatoms. The summed E-state index contributed by atoms with van der Waals surface area (Å²) < 4.78 is 5.15. The third-order valence-electron chi connectivity index (χ3n) is 4.13. The first-order valence-electron chi connectivity index (χ1n) is 6.60.